The van der Waals surface area contributed by atoms with Crippen LogP contribution >= 0.6 is 11.6 Å². The third-order valence-electron chi connectivity index (χ3n) is 3.45. The quantitative estimate of drug-likeness (QED) is 0.721. The number of carbonyl (C=O) groups is 1. The van der Waals surface area contributed by atoms with Crippen LogP contribution in [0.5, 0.6) is 5.75 Å². The molecule has 0 aliphatic heterocycles. The molecule has 0 saturated heterocycles. The van der Waals surface area contributed by atoms with Gasteiger partial charge in [-0.2, -0.15) is 0 Å². The van der Waals surface area contributed by atoms with Gasteiger partial charge in [-0.1, -0.05) is 35.9 Å². The first-order valence-electron chi connectivity index (χ1n) is 7.49. The van der Waals surface area contributed by atoms with Crippen LogP contribution in [0.3, 0.4) is 0 Å². The fraction of sp³-hybridized carbons (Fsp3) is 0.105. The molecule has 0 aliphatic carbocycles. The zero-order valence-electron chi connectivity index (χ0n) is 12.9. The van der Waals surface area contributed by atoms with Crippen LogP contribution in [0.25, 0.3) is 0 Å². The van der Waals surface area contributed by atoms with Gasteiger partial charge in [0.15, 0.2) is 0 Å². The summed E-state index contributed by atoms with van der Waals surface area (Å²) in [6, 6.07) is 18.1. The molecule has 0 unspecified atom stereocenters. The highest BCUT2D eigenvalue weighted by Gasteiger charge is 2.08. The average Bonchev–Trinajstić information content (AvgIpc) is 3.13. The molecule has 1 heterocycles. The Balaban J connectivity index is 1.61. The summed E-state index contributed by atoms with van der Waals surface area (Å²) >= 11 is 6.11. The normalized spacial score (nSPS) is 10.4. The number of nitrogens with one attached hydrogen (secondary N) is 1. The predicted molar refractivity (Wildman–Crippen MR) is 92.1 cm³/mol. The number of carbonyl (C=O) groups excluding carboxylic acids is 1. The number of halogens is 1. The molecule has 0 atom stereocenters. The number of ether oxygens (including phenoxy) is 1. The maximum atomic E-state index is 12.2. The Labute approximate surface area is 145 Å². The molecule has 0 aliphatic rings. The molecule has 0 fully saturated rings. The largest absolute Gasteiger partial charge is 0.489 e. The van der Waals surface area contributed by atoms with E-state index in [0.29, 0.717) is 35.2 Å². The molecular formula is C19H16ClNO3. The first-order chi connectivity index (χ1) is 11.7. The summed E-state index contributed by atoms with van der Waals surface area (Å²) in [7, 11) is 0. The van der Waals surface area contributed by atoms with Crippen molar-refractivity contribution in [2.75, 3.05) is 0 Å². The molecule has 1 aromatic heterocycles. The summed E-state index contributed by atoms with van der Waals surface area (Å²) in [5, 5.41) is 3.46. The molecule has 122 valence electrons. The van der Waals surface area contributed by atoms with Gasteiger partial charge in [-0.25, -0.2) is 0 Å². The van der Waals surface area contributed by atoms with Crippen LogP contribution in [0, 0.1) is 0 Å². The highest BCUT2D eigenvalue weighted by atomic mass is 35.5. The Hall–Kier alpha value is -2.72. The standard InChI is InChI=1S/C19H16ClNO3/c20-18-9-2-1-5-15(18)13-24-16-7-3-6-14(11-16)19(22)21-12-17-8-4-10-23-17/h1-11H,12-13H2,(H,21,22). The van der Waals surface area contributed by atoms with Crippen LogP contribution < -0.4 is 10.1 Å². The minimum atomic E-state index is -0.186. The van der Waals surface area contributed by atoms with Crippen molar-refractivity contribution in [3.63, 3.8) is 0 Å². The topological polar surface area (TPSA) is 51.5 Å². The Morgan fingerprint density at radius 3 is 2.75 bits per heavy atom. The fourth-order valence-corrected chi connectivity index (χ4v) is 2.38. The summed E-state index contributed by atoms with van der Waals surface area (Å²) in [4.78, 5) is 12.2. The van der Waals surface area contributed by atoms with Crippen molar-refractivity contribution >= 4 is 17.5 Å². The molecule has 3 aromatic rings. The molecule has 4 nitrogen and oxygen atoms in total. The lowest BCUT2D eigenvalue weighted by Crippen LogP contribution is -2.22. The van der Waals surface area contributed by atoms with Gasteiger partial charge in [-0.3, -0.25) is 4.79 Å². The van der Waals surface area contributed by atoms with Gasteiger partial charge in [-0.05, 0) is 36.4 Å². The molecule has 3 rings (SSSR count). The van der Waals surface area contributed by atoms with Crippen LogP contribution in [0.4, 0.5) is 0 Å². The minimum absolute atomic E-state index is 0.186. The lowest BCUT2D eigenvalue weighted by Gasteiger charge is -2.09. The number of hydrogen-bond donors (Lipinski definition) is 1. The molecular weight excluding hydrogens is 326 g/mol. The molecule has 0 bridgehead atoms. The van der Waals surface area contributed by atoms with Crippen molar-refractivity contribution < 1.29 is 13.9 Å². The van der Waals surface area contributed by atoms with Crippen molar-refractivity contribution in [1.82, 2.24) is 5.32 Å². The van der Waals surface area contributed by atoms with Crippen LogP contribution in [-0.4, -0.2) is 5.91 Å². The van der Waals surface area contributed by atoms with E-state index in [-0.39, 0.29) is 5.91 Å². The maximum absolute atomic E-state index is 12.2. The predicted octanol–water partition coefficient (Wildman–Crippen LogP) is 4.44. The van der Waals surface area contributed by atoms with Gasteiger partial charge in [0.1, 0.15) is 18.1 Å². The second-order valence-corrected chi connectivity index (χ2v) is 5.58. The number of rotatable bonds is 6. The molecule has 2 aromatic carbocycles. The minimum Gasteiger partial charge on any atom is -0.489 e. The maximum Gasteiger partial charge on any atom is 0.251 e. The number of amides is 1. The van der Waals surface area contributed by atoms with Gasteiger partial charge < -0.3 is 14.5 Å². The monoisotopic (exact) mass is 341 g/mol. The van der Waals surface area contributed by atoms with E-state index in [4.69, 9.17) is 20.8 Å². The van der Waals surface area contributed by atoms with Gasteiger partial charge in [-0.15, -0.1) is 0 Å². The number of hydrogen-bond acceptors (Lipinski definition) is 3. The van der Waals surface area contributed by atoms with E-state index in [2.05, 4.69) is 5.32 Å². The summed E-state index contributed by atoms with van der Waals surface area (Å²) < 4.78 is 10.9. The van der Waals surface area contributed by atoms with E-state index in [1.54, 1.807) is 36.6 Å². The van der Waals surface area contributed by atoms with E-state index in [9.17, 15) is 4.79 Å². The van der Waals surface area contributed by atoms with Crippen LogP contribution in [0.15, 0.2) is 71.3 Å². The van der Waals surface area contributed by atoms with E-state index in [1.165, 1.54) is 0 Å². The zero-order valence-corrected chi connectivity index (χ0v) is 13.6. The van der Waals surface area contributed by atoms with E-state index >= 15 is 0 Å². The Morgan fingerprint density at radius 2 is 1.96 bits per heavy atom. The lowest BCUT2D eigenvalue weighted by molar-refractivity contribution is 0.0947. The summed E-state index contributed by atoms with van der Waals surface area (Å²) in [6.07, 6.45) is 1.57. The Kier molecular flexibility index (Phi) is 5.18. The van der Waals surface area contributed by atoms with Gasteiger partial charge in [0.05, 0.1) is 12.8 Å². The van der Waals surface area contributed by atoms with Crippen molar-refractivity contribution in [2.45, 2.75) is 13.2 Å². The van der Waals surface area contributed by atoms with Gasteiger partial charge in [0, 0.05) is 16.1 Å². The smallest absolute Gasteiger partial charge is 0.251 e. The highest BCUT2D eigenvalue weighted by Crippen LogP contribution is 2.19. The highest BCUT2D eigenvalue weighted by molar-refractivity contribution is 6.31. The van der Waals surface area contributed by atoms with E-state index < -0.39 is 0 Å². The molecule has 1 amide bonds. The average molecular weight is 342 g/mol. The van der Waals surface area contributed by atoms with Crippen molar-refractivity contribution in [3.8, 4) is 5.75 Å². The molecule has 0 spiro atoms. The van der Waals surface area contributed by atoms with Crippen LogP contribution in [0.1, 0.15) is 21.7 Å². The van der Waals surface area contributed by atoms with Crippen molar-refractivity contribution in [3.05, 3.63) is 88.8 Å². The summed E-state index contributed by atoms with van der Waals surface area (Å²) in [5.41, 5.74) is 1.42. The van der Waals surface area contributed by atoms with E-state index in [0.717, 1.165) is 5.56 Å². The van der Waals surface area contributed by atoms with Crippen LogP contribution in [0.2, 0.25) is 5.02 Å². The van der Waals surface area contributed by atoms with Crippen LogP contribution in [-0.2, 0) is 13.2 Å². The molecule has 1 N–H and O–H groups in total. The first kappa shape index (κ1) is 16.1. The van der Waals surface area contributed by atoms with Crippen molar-refractivity contribution in [2.24, 2.45) is 0 Å². The van der Waals surface area contributed by atoms with Gasteiger partial charge >= 0.3 is 0 Å². The van der Waals surface area contributed by atoms with Gasteiger partial charge in [0.25, 0.3) is 5.91 Å². The second-order valence-electron chi connectivity index (χ2n) is 5.17. The van der Waals surface area contributed by atoms with Crippen molar-refractivity contribution in [1.29, 1.82) is 0 Å². The fourth-order valence-electron chi connectivity index (χ4n) is 2.19. The zero-order chi connectivity index (χ0) is 16.8. The third kappa shape index (κ3) is 4.18. The summed E-state index contributed by atoms with van der Waals surface area (Å²) in [5.74, 6) is 1.13. The second kappa shape index (κ2) is 7.70. The third-order valence-corrected chi connectivity index (χ3v) is 3.82. The number of furan rings is 1. The lowest BCUT2D eigenvalue weighted by atomic mass is 10.2. The number of benzene rings is 2. The SMILES string of the molecule is O=C(NCc1ccco1)c1cccc(OCc2ccccc2Cl)c1. The molecule has 5 heteroatoms. The van der Waals surface area contributed by atoms with Gasteiger partial charge in [0.2, 0.25) is 0 Å². The molecule has 24 heavy (non-hydrogen) atoms. The molecule has 0 saturated carbocycles. The van der Waals surface area contributed by atoms with E-state index in [1.807, 2.05) is 30.3 Å². The summed E-state index contributed by atoms with van der Waals surface area (Å²) in [6.45, 7) is 0.688. The molecule has 0 radical (unpaired) electrons. The first-order valence-corrected chi connectivity index (χ1v) is 7.87. The Morgan fingerprint density at radius 1 is 1.08 bits per heavy atom. The Bertz CT molecular complexity index is 815.